The predicted octanol–water partition coefficient (Wildman–Crippen LogP) is 2.15. The van der Waals surface area contributed by atoms with Gasteiger partial charge in [0.25, 0.3) is 0 Å². The summed E-state index contributed by atoms with van der Waals surface area (Å²) in [5, 5.41) is 16.1. The third-order valence-corrected chi connectivity index (χ3v) is 6.53. The quantitative estimate of drug-likeness (QED) is 0.630. The van der Waals surface area contributed by atoms with E-state index in [4.69, 9.17) is 10.8 Å². The molecule has 9 nitrogen and oxygen atoms in total. The fraction of sp³-hybridized carbons (Fsp3) is 0.471. The van der Waals surface area contributed by atoms with Crippen LogP contribution < -0.4 is 5.73 Å². The number of nitrogens with zero attached hydrogens (tertiary/aromatic N) is 6. The van der Waals surface area contributed by atoms with Crippen LogP contribution in [0.3, 0.4) is 0 Å². The van der Waals surface area contributed by atoms with Crippen molar-refractivity contribution in [2.24, 2.45) is 5.10 Å². The van der Waals surface area contributed by atoms with Gasteiger partial charge in [0.05, 0.1) is 11.6 Å². The molecule has 1 aliphatic heterocycles. The summed E-state index contributed by atoms with van der Waals surface area (Å²) in [7, 11) is 0. The van der Waals surface area contributed by atoms with E-state index in [2.05, 4.69) is 35.1 Å². The summed E-state index contributed by atoms with van der Waals surface area (Å²) in [6.45, 7) is 0.886. The van der Waals surface area contributed by atoms with Gasteiger partial charge in [-0.3, -0.25) is 5.01 Å². The SMILES string of the molecule is Nc1nc(SC2CCC(N3CC(c4ncnc5[nH]ccc45)C=N3)CC2)n[nH]1. The lowest BCUT2D eigenvalue weighted by Crippen LogP contribution is -2.34. The third-order valence-electron chi connectivity index (χ3n) is 5.33. The Hall–Kier alpha value is -2.62. The Morgan fingerprint density at radius 2 is 2.07 bits per heavy atom. The monoisotopic (exact) mass is 383 g/mol. The van der Waals surface area contributed by atoms with Gasteiger partial charge in [-0.15, -0.1) is 5.10 Å². The van der Waals surface area contributed by atoms with Crippen molar-refractivity contribution < 1.29 is 0 Å². The van der Waals surface area contributed by atoms with Crippen LogP contribution in [0.5, 0.6) is 0 Å². The highest BCUT2D eigenvalue weighted by molar-refractivity contribution is 7.99. The molecule has 4 N–H and O–H groups in total. The Balaban J connectivity index is 1.19. The molecule has 140 valence electrons. The first-order valence-corrected chi connectivity index (χ1v) is 10.1. The first-order valence-electron chi connectivity index (χ1n) is 9.19. The van der Waals surface area contributed by atoms with E-state index in [1.165, 1.54) is 0 Å². The van der Waals surface area contributed by atoms with Gasteiger partial charge in [0.2, 0.25) is 11.1 Å². The molecule has 1 aliphatic carbocycles. The Morgan fingerprint density at radius 3 is 2.89 bits per heavy atom. The second kappa shape index (κ2) is 6.84. The molecule has 0 saturated heterocycles. The number of nitrogens with one attached hydrogen (secondary N) is 2. The van der Waals surface area contributed by atoms with E-state index < -0.39 is 0 Å². The minimum Gasteiger partial charge on any atom is -0.368 e. The molecule has 3 aromatic rings. The number of hydrogen-bond donors (Lipinski definition) is 3. The molecular weight excluding hydrogens is 362 g/mol. The van der Waals surface area contributed by atoms with Gasteiger partial charge in [-0.1, -0.05) is 11.8 Å². The maximum absolute atomic E-state index is 5.60. The highest BCUT2D eigenvalue weighted by Crippen LogP contribution is 2.35. The van der Waals surface area contributed by atoms with Crippen LogP contribution in [-0.2, 0) is 0 Å². The summed E-state index contributed by atoms with van der Waals surface area (Å²) >= 11 is 1.72. The number of hydrogen-bond acceptors (Lipinski definition) is 8. The van der Waals surface area contributed by atoms with Crippen molar-refractivity contribution in [3.05, 3.63) is 24.3 Å². The molecule has 27 heavy (non-hydrogen) atoms. The van der Waals surface area contributed by atoms with E-state index in [0.29, 0.717) is 17.2 Å². The predicted molar refractivity (Wildman–Crippen MR) is 105 cm³/mol. The molecule has 0 bridgehead atoms. The number of nitrogen functional groups attached to an aromatic ring is 1. The van der Waals surface area contributed by atoms with Crippen LogP contribution in [0.4, 0.5) is 5.95 Å². The molecule has 1 unspecified atom stereocenters. The average Bonchev–Trinajstić information content (AvgIpc) is 3.42. The topological polar surface area (TPSA) is 125 Å². The van der Waals surface area contributed by atoms with E-state index in [-0.39, 0.29) is 5.92 Å². The fourth-order valence-electron chi connectivity index (χ4n) is 3.97. The zero-order chi connectivity index (χ0) is 18.2. The summed E-state index contributed by atoms with van der Waals surface area (Å²) in [6, 6.07) is 2.53. The lowest BCUT2D eigenvalue weighted by atomic mass is 9.94. The second-order valence-corrected chi connectivity index (χ2v) is 8.31. The number of nitrogens with two attached hydrogens (primary N) is 1. The summed E-state index contributed by atoms with van der Waals surface area (Å²) < 4.78 is 0. The largest absolute Gasteiger partial charge is 0.368 e. The number of anilines is 1. The lowest BCUT2D eigenvalue weighted by Gasteiger charge is -2.33. The van der Waals surface area contributed by atoms with Crippen LogP contribution in [0.15, 0.2) is 28.8 Å². The molecule has 0 spiro atoms. The van der Waals surface area contributed by atoms with Crippen LogP contribution in [0.2, 0.25) is 0 Å². The van der Waals surface area contributed by atoms with E-state index in [9.17, 15) is 0 Å². The van der Waals surface area contributed by atoms with Crippen molar-refractivity contribution in [1.29, 1.82) is 0 Å². The highest BCUT2D eigenvalue weighted by Gasteiger charge is 2.31. The molecule has 1 fully saturated rings. The Bertz CT molecular complexity index is 956. The molecule has 2 aliphatic rings. The maximum Gasteiger partial charge on any atom is 0.216 e. The van der Waals surface area contributed by atoms with Crippen molar-refractivity contribution in [2.75, 3.05) is 12.3 Å². The van der Waals surface area contributed by atoms with Crippen molar-refractivity contribution in [3.8, 4) is 0 Å². The van der Waals surface area contributed by atoms with Gasteiger partial charge in [-0.25, -0.2) is 15.1 Å². The van der Waals surface area contributed by atoms with E-state index in [1.54, 1.807) is 18.1 Å². The van der Waals surface area contributed by atoms with Crippen LogP contribution in [0, 0.1) is 0 Å². The van der Waals surface area contributed by atoms with Crippen LogP contribution in [0.25, 0.3) is 11.0 Å². The highest BCUT2D eigenvalue weighted by atomic mass is 32.2. The Labute approximate surface area is 160 Å². The van der Waals surface area contributed by atoms with Crippen molar-refractivity contribution in [3.63, 3.8) is 0 Å². The average molecular weight is 383 g/mol. The van der Waals surface area contributed by atoms with Crippen molar-refractivity contribution in [2.45, 2.75) is 48.0 Å². The summed E-state index contributed by atoms with van der Waals surface area (Å²) in [5.41, 5.74) is 7.54. The van der Waals surface area contributed by atoms with Gasteiger partial charge in [0.1, 0.15) is 12.0 Å². The van der Waals surface area contributed by atoms with Gasteiger partial charge in [-0.2, -0.15) is 10.1 Å². The molecule has 3 aromatic heterocycles. The fourth-order valence-corrected chi connectivity index (χ4v) is 5.03. The van der Waals surface area contributed by atoms with Crippen LogP contribution in [0.1, 0.15) is 37.3 Å². The summed E-state index contributed by atoms with van der Waals surface area (Å²) in [5.74, 6) is 0.597. The zero-order valence-electron chi connectivity index (χ0n) is 14.7. The number of aromatic amines is 2. The first-order chi connectivity index (χ1) is 13.3. The zero-order valence-corrected chi connectivity index (χ0v) is 15.6. The summed E-state index contributed by atoms with van der Waals surface area (Å²) in [4.78, 5) is 16.1. The van der Waals surface area contributed by atoms with Gasteiger partial charge in [0.15, 0.2) is 0 Å². The van der Waals surface area contributed by atoms with Crippen molar-refractivity contribution in [1.82, 2.24) is 35.1 Å². The van der Waals surface area contributed by atoms with Crippen LogP contribution in [-0.4, -0.2) is 59.2 Å². The number of fused-ring (bicyclic) bond motifs is 1. The number of H-pyrrole nitrogens is 2. The first kappa shape index (κ1) is 16.5. The number of aromatic nitrogens is 6. The molecule has 10 heteroatoms. The molecule has 5 rings (SSSR count). The standard InChI is InChI=1S/C17H21N9S/c18-16-23-17(25-24-16)27-12-3-1-11(2-4-12)26-8-10(7-22-26)14-13-5-6-19-15(13)21-9-20-14/h5-7,9-12H,1-4,8H2,(H,19,20,21)(H3,18,23,24,25). The minimum atomic E-state index is 0.217. The van der Waals surface area contributed by atoms with Crippen LogP contribution >= 0.6 is 11.8 Å². The smallest absolute Gasteiger partial charge is 0.216 e. The second-order valence-electron chi connectivity index (χ2n) is 7.04. The van der Waals surface area contributed by atoms with Gasteiger partial charge in [-0.05, 0) is 31.7 Å². The molecular formula is C17H21N9S. The van der Waals surface area contributed by atoms with E-state index >= 15 is 0 Å². The van der Waals surface area contributed by atoms with E-state index in [0.717, 1.165) is 54.1 Å². The number of thioether (sulfide) groups is 1. The molecule has 1 atom stereocenters. The Kier molecular flexibility index (Phi) is 4.19. The lowest BCUT2D eigenvalue weighted by molar-refractivity contribution is 0.176. The molecule has 1 saturated carbocycles. The molecule has 0 radical (unpaired) electrons. The van der Waals surface area contributed by atoms with Crippen molar-refractivity contribution >= 4 is 35.0 Å². The summed E-state index contributed by atoms with van der Waals surface area (Å²) in [6.07, 6.45) is 10.1. The van der Waals surface area contributed by atoms with Gasteiger partial charge in [0, 0.05) is 35.6 Å². The Morgan fingerprint density at radius 1 is 1.19 bits per heavy atom. The number of hydrazone groups is 1. The number of rotatable bonds is 4. The molecule has 0 amide bonds. The maximum atomic E-state index is 5.60. The molecule has 0 aromatic carbocycles. The third kappa shape index (κ3) is 3.25. The van der Waals surface area contributed by atoms with E-state index in [1.807, 2.05) is 18.5 Å². The van der Waals surface area contributed by atoms with Gasteiger partial charge < -0.3 is 10.7 Å². The molecule has 4 heterocycles. The van der Waals surface area contributed by atoms with Gasteiger partial charge >= 0.3 is 0 Å². The minimum absolute atomic E-state index is 0.217. The normalized spacial score (nSPS) is 25.5.